The Morgan fingerprint density at radius 1 is 1.43 bits per heavy atom. The lowest BCUT2D eigenvalue weighted by Crippen LogP contribution is -2.09. The van der Waals surface area contributed by atoms with Crippen molar-refractivity contribution in [3.05, 3.63) is 30.3 Å². The number of carbonyl (C=O) groups is 2. The molecule has 1 aromatic rings. The van der Waals surface area contributed by atoms with Crippen LogP contribution in [0.1, 0.15) is 6.92 Å². The van der Waals surface area contributed by atoms with Crippen LogP contribution in [-0.4, -0.2) is 24.0 Å². The predicted molar refractivity (Wildman–Crippen MR) is 51.3 cm³/mol. The fourth-order valence-corrected chi connectivity index (χ4v) is 0.662. The van der Waals surface area contributed by atoms with Crippen molar-refractivity contribution < 1.29 is 19.4 Å². The highest BCUT2D eigenvalue weighted by molar-refractivity contribution is 5.68. The number of carboxylic acid groups (broad SMARTS) is 1. The van der Waals surface area contributed by atoms with Gasteiger partial charge in [0.05, 0.1) is 0 Å². The van der Waals surface area contributed by atoms with E-state index in [1.807, 2.05) is 6.07 Å². The van der Waals surface area contributed by atoms with Crippen LogP contribution >= 0.6 is 0 Å². The van der Waals surface area contributed by atoms with Gasteiger partial charge in [0, 0.05) is 0 Å². The molecule has 0 saturated carbocycles. The van der Waals surface area contributed by atoms with Crippen molar-refractivity contribution in [2.75, 3.05) is 6.61 Å². The van der Waals surface area contributed by atoms with Crippen molar-refractivity contribution in [2.45, 2.75) is 6.92 Å². The minimum absolute atomic E-state index is 0.288. The van der Waals surface area contributed by atoms with Gasteiger partial charge in [-0.3, -0.25) is 0 Å². The van der Waals surface area contributed by atoms with Gasteiger partial charge < -0.3 is 14.6 Å². The Bertz CT molecular complexity index is 269. The van der Waals surface area contributed by atoms with Gasteiger partial charge in [-0.25, -0.2) is 4.79 Å². The zero-order valence-electron chi connectivity index (χ0n) is 7.84. The number of carbonyl (C=O) groups excluding carboxylic acids is 1. The third-order valence-electron chi connectivity index (χ3n) is 1.11. The topological polar surface area (TPSA) is 63.6 Å². The number of carboxylic acids is 1. The van der Waals surface area contributed by atoms with Crippen molar-refractivity contribution in [3.8, 4) is 5.75 Å². The molecule has 4 nitrogen and oxygen atoms in total. The molecule has 1 aromatic carbocycles. The number of aliphatic carboxylic acids is 1. The summed E-state index contributed by atoms with van der Waals surface area (Å²) in [4.78, 5) is 18.9. The molecule has 0 heterocycles. The molecule has 1 N–H and O–H groups in total. The zero-order chi connectivity index (χ0) is 10.8. The number of hydrogen-bond acceptors (Lipinski definition) is 3. The summed E-state index contributed by atoms with van der Waals surface area (Å²) in [6, 6.07) is 8.84. The average molecular weight is 196 g/mol. The summed E-state index contributed by atoms with van der Waals surface area (Å²) in [5, 5.41) is 8.25. The fourth-order valence-electron chi connectivity index (χ4n) is 0.662. The van der Waals surface area contributed by atoms with E-state index in [4.69, 9.17) is 14.6 Å². The molecule has 0 spiro atoms. The Balaban J connectivity index is 0.000000500. The quantitative estimate of drug-likeness (QED) is 0.741. The van der Waals surface area contributed by atoms with E-state index in [9.17, 15) is 4.79 Å². The second kappa shape index (κ2) is 7.79. The van der Waals surface area contributed by atoms with Crippen LogP contribution in [0.25, 0.3) is 0 Å². The van der Waals surface area contributed by atoms with Gasteiger partial charge in [0.1, 0.15) is 12.0 Å². The Kier molecular flexibility index (Phi) is 6.77. The molecular formula is C10H12O4. The van der Waals surface area contributed by atoms with E-state index >= 15 is 0 Å². The maximum Gasteiger partial charge on any atom is 0.341 e. The lowest BCUT2D eigenvalue weighted by Gasteiger charge is -2.00. The molecule has 76 valence electrons. The predicted octanol–water partition coefficient (Wildman–Crippen LogP) is 1.36. The number of hydrogen-bond donors (Lipinski definition) is 1. The molecule has 0 aliphatic rings. The Hall–Kier alpha value is -1.84. The fraction of sp³-hybridized carbons (Fsp3) is 0.200. The third-order valence-corrected chi connectivity index (χ3v) is 1.11. The SMILES string of the molecule is CC=O.O=C(O)COc1ccccc1. The molecule has 0 saturated heterocycles. The van der Waals surface area contributed by atoms with Crippen LogP contribution in [0.2, 0.25) is 0 Å². The Morgan fingerprint density at radius 2 is 1.93 bits per heavy atom. The summed E-state index contributed by atoms with van der Waals surface area (Å²) < 4.78 is 4.87. The third kappa shape index (κ3) is 6.84. The summed E-state index contributed by atoms with van der Waals surface area (Å²) in [6.45, 7) is 1.16. The molecule has 1 rings (SSSR count). The van der Waals surface area contributed by atoms with Gasteiger partial charge in [-0.05, 0) is 19.1 Å². The molecule has 0 amide bonds. The summed E-state index contributed by atoms with van der Waals surface area (Å²) in [7, 11) is 0. The van der Waals surface area contributed by atoms with Crippen LogP contribution in [0.3, 0.4) is 0 Å². The van der Waals surface area contributed by atoms with E-state index in [0.717, 1.165) is 6.29 Å². The molecule has 0 fully saturated rings. The Labute approximate surface area is 82.1 Å². The van der Waals surface area contributed by atoms with Crippen LogP contribution in [0.5, 0.6) is 5.75 Å². The maximum atomic E-state index is 10.0. The van der Waals surface area contributed by atoms with Crippen molar-refractivity contribution in [2.24, 2.45) is 0 Å². The van der Waals surface area contributed by atoms with E-state index in [1.165, 1.54) is 6.92 Å². The lowest BCUT2D eigenvalue weighted by atomic mass is 10.3. The van der Waals surface area contributed by atoms with Crippen LogP contribution in [0, 0.1) is 0 Å². The smallest absolute Gasteiger partial charge is 0.341 e. The molecular weight excluding hydrogens is 184 g/mol. The maximum absolute atomic E-state index is 10.0. The second-order valence-electron chi connectivity index (χ2n) is 2.23. The van der Waals surface area contributed by atoms with Crippen molar-refractivity contribution in [3.63, 3.8) is 0 Å². The van der Waals surface area contributed by atoms with Crippen LogP contribution in [0.15, 0.2) is 30.3 Å². The number of rotatable bonds is 3. The second-order valence-corrected chi connectivity index (χ2v) is 2.23. The average Bonchev–Trinajstić information content (AvgIpc) is 2.18. The van der Waals surface area contributed by atoms with E-state index in [-0.39, 0.29) is 6.61 Å². The van der Waals surface area contributed by atoms with E-state index in [2.05, 4.69) is 0 Å². The van der Waals surface area contributed by atoms with Gasteiger partial charge in [0.2, 0.25) is 0 Å². The van der Waals surface area contributed by atoms with E-state index in [0.29, 0.717) is 5.75 Å². The highest BCUT2D eigenvalue weighted by Gasteiger charge is 1.96. The highest BCUT2D eigenvalue weighted by atomic mass is 16.5. The zero-order valence-corrected chi connectivity index (χ0v) is 7.84. The summed E-state index contributed by atoms with van der Waals surface area (Å²) in [6.07, 6.45) is 0.750. The molecule has 0 aromatic heterocycles. The minimum Gasteiger partial charge on any atom is -0.482 e. The molecule has 0 bridgehead atoms. The largest absolute Gasteiger partial charge is 0.482 e. The van der Waals surface area contributed by atoms with Crippen LogP contribution < -0.4 is 4.74 Å². The van der Waals surface area contributed by atoms with Gasteiger partial charge in [-0.1, -0.05) is 18.2 Å². The van der Waals surface area contributed by atoms with Crippen molar-refractivity contribution in [1.82, 2.24) is 0 Å². The monoisotopic (exact) mass is 196 g/mol. The van der Waals surface area contributed by atoms with E-state index in [1.54, 1.807) is 24.3 Å². The molecule has 0 aliphatic carbocycles. The molecule has 4 heteroatoms. The van der Waals surface area contributed by atoms with Gasteiger partial charge in [-0.15, -0.1) is 0 Å². The molecule has 14 heavy (non-hydrogen) atoms. The molecule has 0 radical (unpaired) electrons. The summed E-state index contributed by atoms with van der Waals surface area (Å²) in [5.41, 5.74) is 0. The standard InChI is InChI=1S/C8H8O3.C2H4O/c9-8(10)6-11-7-4-2-1-3-5-7;1-2-3/h1-5H,6H2,(H,9,10);2H,1H3. The number of aldehydes is 1. The summed E-state index contributed by atoms with van der Waals surface area (Å²) in [5.74, 6) is -0.385. The normalized spacial score (nSPS) is 8.07. The molecule has 0 atom stereocenters. The highest BCUT2D eigenvalue weighted by Crippen LogP contribution is 2.07. The number of para-hydroxylation sites is 1. The first-order chi connectivity index (χ1) is 6.70. The van der Waals surface area contributed by atoms with Gasteiger partial charge in [0.15, 0.2) is 6.61 Å². The van der Waals surface area contributed by atoms with Crippen LogP contribution in [-0.2, 0) is 9.59 Å². The summed E-state index contributed by atoms with van der Waals surface area (Å²) >= 11 is 0. The first-order valence-electron chi connectivity index (χ1n) is 4.00. The number of ether oxygens (including phenoxy) is 1. The molecule has 0 unspecified atom stereocenters. The van der Waals surface area contributed by atoms with Gasteiger partial charge in [0.25, 0.3) is 0 Å². The Morgan fingerprint density at radius 3 is 2.36 bits per heavy atom. The lowest BCUT2D eigenvalue weighted by molar-refractivity contribution is -0.139. The first-order valence-corrected chi connectivity index (χ1v) is 4.00. The van der Waals surface area contributed by atoms with Crippen molar-refractivity contribution in [1.29, 1.82) is 0 Å². The minimum atomic E-state index is -0.964. The van der Waals surface area contributed by atoms with Crippen LogP contribution in [0.4, 0.5) is 0 Å². The van der Waals surface area contributed by atoms with Gasteiger partial charge >= 0.3 is 5.97 Å². The molecule has 0 aliphatic heterocycles. The van der Waals surface area contributed by atoms with E-state index < -0.39 is 5.97 Å². The number of benzene rings is 1. The van der Waals surface area contributed by atoms with Crippen molar-refractivity contribution >= 4 is 12.3 Å². The first kappa shape index (κ1) is 12.2. The van der Waals surface area contributed by atoms with Gasteiger partial charge in [-0.2, -0.15) is 0 Å².